The Bertz CT molecular complexity index is 975. The molecule has 4 heterocycles. The van der Waals surface area contributed by atoms with E-state index in [1.165, 1.54) is 23.6 Å². The van der Waals surface area contributed by atoms with Crippen LogP contribution < -0.4 is 9.80 Å². The number of piperazine rings is 1. The van der Waals surface area contributed by atoms with E-state index in [1.54, 1.807) is 12.5 Å². The quantitative estimate of drug-likeness (QED) is 0.713. The van der Waals surface area contributed by atoms with Gasteiger partial charge in [-0.2, -0.15) is 9.29 Å². The molecule has 2 aliphatic rings. The predicted molar refractivity (Wildman–Crippen MR) is 116 cm³/mol. The van der Waals surface area contributed by atoms with Gasteiger partial charge in [0.05, 0.1) is 6.33 Å². The number of sulfonamides is 1. The van der Waals surface area contributed by atoms with Crippen LogP contribution in [0.3, 0.4) is 0 Å². The summed E-state index contributed by atoms with van der Waals surface area (Å²) in [6.45, 7) is 10.0. The summed E-state index contributed by atoms with van der Waals surface area (Å²) in [7, 11) is -3.58. The van der Waals surface area contributed by atoms with Gasteiger partial charge in [0.25, 0.3) is 10.0 Å². The Hall–Kier alpha value is -2.20. The molecule has 0 N–H and O–H groups in total. The summed E-state index contributed by atoms with van der Waals surface area (Å²) in [6.07, 6.45) is 6.82. The molecule has 0 amide bonds. The fraction of sp³-hybridized carbons (Fsp3) is 0.650. The van der Waals surface area contributed by atoms with Crippen LogP contribution in [-0.4, -0.2) is 71.5 Å². The molecule has 9 nitrogen and oxygen atoms in total. The molecule has 10 heteroatoms. The van der Waals surface area contributed by atoms with Crippen molar-refractivity contribution in [3.05, 3.63) is 24.3 Å². The predicted octanol–water partition coefficient (Wildman–Crippen LogP) is 2.06. The maximum atomic E-state index is 13.0. The molecule has 2 saturated heterocycles. The second kappa shape index (κ2) is 8.50. The molecule has 0 unspecified atom stereocenters. The van der Waals surface area contributed by atoms with E-state index < -0.39 is 10.0 Å². The van der Waals surface area contributed by atoms with Crippen LogP contribution in [0.2, 0.25) is 0 Å². The lowest BCUT2D eigenvalue weighted by atomic mass is 10.1. The molecule has 164 valence electrons. The molecule has 2 aromatic rings. The molecule has 0 spiro atoms. The first-order valence-electron chi connectivity index (χ1n) is 10.7. The number of nitrogens with zero attached hydrogens (tertiary/aromatic N) is 7. The molecule has 0 radical (unpaired) electrons. The summed E-state index contributed by atoms with van der Waals surface area (Å²) in [5, 5.41) is 0.120. The van der Waals surface area contributed by atoms with Gasteiger partial charge in [-0.1, -0.05) is 0 Å². The summed E-state index contributed by atoms with van der Waals surface area (Å²) >= 11 is 0. The van der Waals surface area contributed by atoms with Gasteiger partial charge < -0.3 is 14.4 Å². The van der Waals surface area contributed by atoms with Gasteiger partial charge >= 0.3 is 0 Å². The number of hydrogen-bond donors (Lipinski definition) is 0. The molecule has 2 aromatic heterocycles. The van der Waals surface area contributed by atoms with E-state index in [0.717, 1.165) is 30.5 Å². The van der Waals surface area contributed by atoms with E-state index >= 15 is 0 Å². The van der Waals surface area contributed by atoms with Crippen molar-refractivity contribution >= 4 is 21.8 Å². The van der Waals surface area contributed by atoms with Crippen LogP contribution in [0.25, 0.3) is 0 Å². The van der Waals surface area contributed by atoms with Crippen LogP contribution in [-0.2, 0) is 10.0 Å². The van der Waals surface area contributed by atoms with Gasteiger partial charge in [-0.15, -0.1) is 0 Å². The van der Waals surface area contributed by atoms with Crippen molar-refractivity contribution in [2.45, 2.75) is 51.1 Å². The van der Waals surface area contributed by atoms with Gasteiger partial charge in [0.15, 0.2) is 5.03 Å². The largest absolute Gasteiger partial charge is 0.354 e. The molecule has 0 aliphatic carbocycles. The van der Waals surface area contributed by atoms with Crippen molar-refractivity contribution in [1.82, 2.24) is 23.8 Å². The van der Waals surface area contributed by atoms with Crippen LogP contribution in [0.5, 0.6) is 0 Å². The van der Waals surface area contributed by atoms with Crippen molar-refractivity contribution < 1.29 is 8.42 Å². The van der Waals surface area contributed by atoms with E-state index in [4.69, 9.17) is 4.98 Å². The lowest BCUT2D eigenvalue weighted by Gasteiger charge is -2.35. The minimum Gasteiger partial charge on any atom is -0.354 e. The van der Waals surface area contributed by atoms with Crippen LogP contribution in [0, 0.1) is 6.92 Å². The Balaban J connectivity index is 1.46. The number of aromatic nitrogens is 4. The first-order valence-corrected chi connectivity index (χ1v) is 12.2. The summed E-state index contributed by atoms with van der Waals surface area (Å²) in [5.74, 6) is 1.67. The lowest BCUT2D eigenvalue weighted by Crippen LogP contribution is -2.49. The van der Waals surface area contributed by atoms with Gasteiger partial charge in [-0.05, 0) is 40.0 Å². The molecule has 2 aliphatic heterocycles. The van der Waals surface area contributed by atoms with E-state index in [9.17, 15) is 8.42 Å². The third-order valence-corrected chi connectivity index (χ3v) is 7.59. The third kappa shape index (κ3) is 4.29. The normalized spacial score (nSPS) is 18.9. The average molecular weight is 434 g/mol. The summed E-state index contributed by atoms with van der Waals surface area (Å²) in [6, 6.07) is 2.16. The minimum absolute atomic E-state index is 0.120. The second-order valence-electron chi connectivity index (χ2n) is 8.36. The summed E-state index contributed by atoms with van der Waals surface area (Å²) in [5.41, 5.74) is 0.940. The highest BCUT2D eigenvalue weighted by atomic mass is 32.2. The average Bonchev–Trinajstić information content (AvgIpc) is 3.26. The molecule has 0 atom stereocenters. The lowest BCUT2D eigenvalue weighted by molar-refractivity contribution is 0.382. The third-order valence-electron chi connectivity index (χ3n) is 5.81. The van der Waals surface area contributed by atoms with E-state index in [0.29, 0.717) is 26.2 Å². The maximum absolute atomic E-state index is 13.0. The van der Waals surface area contributed by atoms with Crippen LogP contribution in [0.1, 0.15) is 44.8 Å². The van der Waals surface area contributed by atoms with Crippen molar-refractivity contribution in [2.75, 3.05) is 49.1 Å². The Kier molecular flexibility index (Phi) is 5.97. The van der Waals surface area contributed by atoms with Crippen LogP contribution in [0.4, 0.5) is 11.8 Å². The summed E-state index contributed by atoms with van der Waals surface area (Å²) in [4.78, 5) is 18.0. The Morgan fingerprint density at radius 2 is 1.63 bits per heavy atom. The molecule has 4 rings (SSSR count). The van der Waals surface area contributed by atoms with Gasteiger partial charge in [0, 0.05) is 63.3 Å². The van der Waals surface area contributed by atoms with E-state index in [1.807, 2.05) is 31.4 Å². The van der Waals surface area contributed by atoms with E-state index in [-0.39, 0.29) is 11.1 Å². The molecular formula is C20H31N7O2S. The number of anilines is 2. The van der Waals surface area contributed by atoms with Crippen molar-refractivity contribution in [3.8, 4) is 0 Å². The van der Waals surface area contributed by atoms with E-state index in [2.05, 4.69) is 19.8 Å². The molecule has 0 bridgehead atoms. The number of piperidine rings is 1. The number of rotatable bonds is 5. The molecule has 30 heavy (non-hydrogen) atoms. The Morgan fingerprint density at radius 3 is 2.27 bits per heavy atom. The molecule has 2 fully saturated rings. The number of hydrogen-bond acceptors (Lipinski definition) is 7. The fourth-order valence-corrected chi connectivity index (χ4v) is 5.30. The van der Waals surface area contributed by atoms with Gasteiger partial charge in [0.1, 0.15) is 5.82 Å². The van der Waals surface area contributed by atoms with Crippen molar-refractivity contribution in [1.29, 1.82) is 0 Å². The maximum Gasteiger partial charge on any atom is 0.262 e. The SMILES string of the molecule is Cc1cc(N2CCN(S(=O)(=O)c3cn(C(C)C)cn3)CC2)nc(N2CCCCC2)n1. The topological polar surface area (TPSA) is 87.5 Å². The summed E-state index contributed by atoms with van der Waals surface area (Å²) < 4.78 is 29.3. The highest BCUT2D eigenvalue weighted by molar-refractivity contribution is 7.89. The zero-order valence-electron chi connectivity index (χ0n) is 18.0. The molecule has 0 saturated carbocycles. The Morgan fingerprint density at radius 1 is 0.933 bits per heavy atom. The zero-order chi connectivity index (χ0) is 21.3. The first kappa shape index (κ1) is 21.0. The smallest absolute Gasteiger partial charge is 0.262 e. The standard InChI is InChI=1S/C20H31N7O2S/c1-16(2)26-14-19(21-15-26)30(28,29)27-11-9-24(10-12-27)18-13-17(3)22-20(23-18)25-7-5-4-6-8-25/h13-16H,4-12H2,1-3H3. The first-order chi connectivity index (χ1) is 14.3. The molecular weight excluding hydrogens is 402 g/mol. The van der Waals surface area contributed by atoms with Crippen LogP contribution in [0.15, 0.2) is 23.6 Å². The van der Waals surface area contributed by atoms with Gasteiger partial charge in [-0.3, -0.25) is 0 Å². The highest BCUT2D eigenvalue weighted by Gasteiger charge is 2.31. The number of aryl methyl sites for hydroxylation is 1. The van der Waals surface area contributed by atoms with Gasteiger partial charge in [0.2, 0.25) is 5.95 Å². The van der Waals surface area contributed by atoms with Gasteiger partial charge in [-0.25, -0.2) is 18.4 Å². The minimum atomic E-state index is -3.58. The van der Waals surface area contributed by atoms with Crippen LogP contribution >= 0.6 is 0 Å². The Labute approximate surface area is 178 Å². The molecule has 0 aromatic carbocycles. The van der Waals surface area contributed by atoms with Crippen molar-refractivity contribution in [2.24, 2.45) is 0 Å². The highest BCUT2D eigenvalue weighted by Crippen LogP contribution is 2.23. The second-order valence-corrected chi connectivity index (χ2v) is 10.2. The van der Waals surface area contributed by atoms with Crippen molar-refractivity contribution in [3.63, 3.8) is 0 Å². The number of imidazole rings is 1. The monoisotopic (exact) mass is 433 g/mol. The zero-order valence-corrected chi connectivity index (χ0v) is 18.8. The fourth-order valence-electron chi connectivity index (χ4n) is 3.96.